The van der Waals surface area contributed by atoms with Gasteiger partial charge in [-0.15, -0.1) is 0 Å². The molecule has 2 aromatic rings. The van der Waals surface area contributed by atoms with Crippen molar-refractivity contribution in [3.8, 4) is 11.5 Å². The second-order valence-corrected chi connectivity index (χ2v) is 7.98. The van der Waals surface area contributed by atoms with E-state index in [1.54, 1.807) is 36.4 Å². The van der Waals surface area contributed by atoms with Gasteiger partial charge in [-0.3, -0.25) is 9.59 Å². The molecule has 2 atom stereocenters. The number of rotatable bonds is 4. The van der Waals surface area contributed by atoms with E-state index in [4.69, 9.17) is 32.7 Å². The molecule has 1 fully saturated rings. The first-order chi connectivity index (χ1) is 13.3. The van der Waals surface area contributed by atoms with Crippen LogP contribution in [0.5, 0.6) is 11.5 Å². The first-order valence-electron chi connectivity index (χ1n) is 9.31. The average molecular weight is 421 g/mol. The molecule has 148 valence electrons. The standard InChI is InChI=1S/C22H22Cl2O4/c1-13-11-15(7-9-19(13)23)27-21(25)17-5-3-4-6-18(17)22(26)28-16-8-10-20(24)14(2)12-16/h7-12,17-18H,3-6H2,1-2H3. The Hall–Kier alpha value is -2.04. The van der Waals surface area contributed by atoms with Crippen molar-refractivity contribution in [3.05, 3.63) is 57.6 Å². The normalized spacial score (nSPS) is 19.1. The lowest BCUT2D eigenvalue weighted by atomic mass is 9.79. The van der Waals surface area contributed by atoms with Crippen molar-refractivity contribution in [2.24, 2.45) is 11.8 Å². The van der Waals surface area contributed by atoms with Gasteiger partial charge in [-0.25, -0.2) is 0 Å². The van der Waals surface area contributed by atoms with E-state index in [0.29, 0.717) is 34.4 Å². The number of hydrogen-bond donors (Lipinski definition) is 0. The molecular formula is C22H22Cl2O4. The van der Waals surface area contributed by atoms with Crippen LogP contribution in [0.25, 0.3) is 0 Å². The molecule has 1 saturated carbocycles. The van der Waals surface area contributed by atoms with Crippen molar-refractivity contribution in [2.45, 2.75) is 39.5 Å². The topological polar surface area (TPSA) is 52.6 Å². The van der Waals surface area contributed by atoms with Crippen LogP contribution in [0, 0.1) is 25.7 Å². The van der Waals surface area contributed by atoms with E-state index in [2.05, 4.69) is 0 Å². The first kappa shape index (κ1) is 20.7. The maximum atomic E-state index is 12.7. The van der Waals surface area contributed by atoms with E-state index in [-0.39, 0.29) is 0 Å². The highest BCUT2D eigenvalue weighted by atomic mass is 35.5. The van der Waals surface area contributed by atoms with E-state index in [1.807, 2.05) is 13.8 Å². The molecule has 0 N–H and O–H groups in total. The number of halogens is 2. The van der Waals surface area contributed by atoms with Crippen LogP contribution in [0.1, 0.15) is 36.8 Å². The van der Waals surface area contributed by atoms with Crippen LogP contribution in [0.2, 0.25) is 10.0 Å². The van der Waals surface area contributed by atoms with E-state index in [1.165, 1.54) is 0 Å². The maximum absolute atomic E-state index is 12.7. The molecule has 1 aliphatic carbocycles. The van der Waals surface area contributed by atoms with Crippen LogP contribution in [0.15, 0.2) is 36.4 Å². The molecule has 6 heteroatoms. The third-order valence-electron chi connectivity index (χ3n) is 5.07. The Morgan fingerprint density at radius 3 is 1.54 bits per heavy atom. The molecule has 2 aromatic carbocycles. The molecule has 0 radical (unpaired) electrons. The van der Waals surface area contributed by atoms with Crippen LogP contribution in [0.4, 0.5) is 0 Å². The zero-order valence-electron chi connectivity index (χ0n) is 15.8. The molecule has 1 aliphatic rings. The SMILES string of the molecule is Cc1cc(OC(=O)C2CCCCC2C(=O)Oc2ccc(Cl)c(C)c2)ccc1Cl. The molecular weight excluding hydrogens is 399 g/mol. The minimum Gasteiger partial charge on any atom is -0.426 e. The smallest absolute Gasteiger partial charge is 0.315 e. The Labute approximate surface area is 174 Å². The lowest BCUT2D eigenvalue weighted by molar-refractivity contribution is -0.152. The summed E-state index contributed by atoms with van der Waals surface area (Å²) in [5, 5.41) is 1.22. The van der Waals surface area contributed by atoms with Crippen LogP contribution < -0.4 is 9.47 Å². The molecule has 0 spiro atoms. The van der Waals surface area contributed by atoms with Crippen LogP contribution in [0.3, 0.4) is 0 Å². The molecule has 0 bridgehead atoms. The number of ether oxygens (including phenoxy) is 2. The van der Waals surface area contributed by atoms with Crippen molar-refractivity contribution >= 4 is 35.1 Å². The van der Waals surface area contributed by atoms with Crippen molar-refractivity contribution in [1.29, 1.82) is 0 Å². The predicted molar refractivity (Wildman–Crippen MR) is 109 cm³/mol. The summed E-state index contributed by atoms with van der Waals surface area (Å²) in [5.41, 5.74) is 1.65. The highest BCUT2D eigenvalue weighted by Gasteiger charge is 2.38. The van der Waals surface area contributed by atoms with Gasteiger partial charge in [-0.1, -0.05) is 36.0 Å². The largest absolute Gasteiger partial charge is 0.426 e. The Balaban J connectivity index is 1.71. The van der Waals surface area contributed by atoms with E-state index in [0.717, 1.165) is 24.0 Å². The van der Waals surface area contributed by atoms with Crippen molar-refractivity contribution in [2.75, 3.05) is 0 Å². The van der Waals surface area contributed by atoms with Gasteiger partial charge in [-0.05, 0) is 74.2 Å². The summed E-state index contributed by atoms with van der Waals surface area (Å²) in [4.78, 5) is 25.5. The summed E-state index contributed by atoms with van der Waals surface area (Å²) in [6.07, 6.45) is 2.96. The Morgan fingerprint density at radius 2 is 1.18 bits per heavy atom. The number of carbonyl (C=O) groups is 2. The van der Waals surface area contributed by atoms with Crippen molar-refractivity contribution in [1.82, 2.24) is 0 Å². The van der Waals surface area contributed by atoms with Gasteiger partial charge in [0.2, 0.25) is 0 Å². The lowest BCUT2D eigenvalue weighted by Gasteiger charge is -2.28. The molecule has 4 nitrogen and oxygen atoms in total. The third-order valence-corrected chi connectivity index (χ3v) is 5.92. The summed E-state index contributed by atoms with van der Waals surface area (Å²) in [6, 6.07) is 10.1. The monoisotopic (exact) mass is 420 g/mol. The molecule has 2 unspecified atom stereocenters. The number of aryl methyl sites for hydroxylation is 2. The number of benzene rings is 2. The molecule has 0 saturated heterocycles. The molecule has 28 heavy (non-hydrogen) atoms. The molecule has 0 heterocycles. The minimum atomic E-state index is -0.523. The van der Waals surface area contributed by atoms with Crippen LogP contribution in [-0.2, 0) is 9.59 Å². The fraction of sp³-hybridized carbons (Fsp3) is 0.364. The summed E-state index contributed by atoms with van der Waals surface area (Å²) < 4.78 is 11.1. The fourth-order valence-electron chi connectivity index (χ4n) is 3.44. The molecule has 0 amide bonds. The second-order valence-electron chi connectivity index (χ2n) is 7.16. The predicted octanol–water partition coefficient (Wildman–Crippen LogP) is 5.93. The van der Waals surface area contributed by atoms with Crippen molar-refractivity contribution in [3.63, 3.8) is 0 Å². The maximum Gasteiger partial charge on any atom is 0.315 e. The number of esters is 2. The summed E-state index contributed by atoms with van der Waals surface area (Å²) >= 11 is 12.0. The Kier molecular flexibility index (Phi) is 6.63. The highest BCUT2D eigenvalue weighted by Crippen LogP contribution is 2.33. The highest BCUT2D eigenvalue weighted by molar-refractivity contribution is 6.31. The minimum absolute atomic E-state index is 0.407. The Bertz CT molecular complexity index is 821. The van der Waals surface area contributed by atoms with E-state index in [9.17, 15) is 9.59 Å². The summed E-state index contributed by atoms with van der Waals surface area (Å²) in [6.45, 7) is 3.68. The zero-order chi connectivity index (χ0) is 20.3. The van der Waals surface area contributed by atoms with E-state index >= 15 is 0 Å². The molecule has 0 aliphatic heterocycles. The van der Waals surface area contributed by atoms with E-state index < -0.39 is 23.8 Å². The third kappa shape index (κ3) is 4.86. The van der Waals surface area contributed by atoms with Crippen LogP contribution in [-0.4, -0.2) is 11.9 Å². The number of hydrogen-bond acceptors (Lipinski definition) is 4. The summed E-state index contributed by atoms with van der Waals surface area (Å²) in [7, 11) is 0. The van der Waals surface area contributed by atoms with Gasteiger partial charge in [0, 0.05) is 10.0 Å². The van der Waals surface area contributed by atoms with Gasteiger partial charge >= 0.3 is 11.9 Å². The molecule has 3 rings (SSSR count). The summed E-state index contributed by atoms with van der Waals surface area (Å²) in [5.74, 6) is -1.00. The molecule has 0 aromatic heterocycles. The van der Waals surface area contributed by atoms with Gasteiger partial charge in [0.25, 0.3) is 0 Å². The van der Waals surface area contributed by atoms with Crippen LogP contribution >= 0.6 is 23.2 Å². The quantitative estimate of drug-likeness (QED) is 0.454. The zero-order valence-corrected chi connectivity index (χ0v) is 17.3. The Morgan fingerprint density at radius 1 is 0.786 bits per heavy atom. The van der Waals surface area contributed by atoms with Gasteiger partial charge < -0.3 is 9.47 Å². The van der Waals surface area contributed by atoms with Crippen molar-refractivity contribution < 1.29 is 19.1 Å². The average Bonchev–Trinajstić information content (AvgIpc) is 2.67. The number of carbonyl (C=O) groups excluding carboxylic acids is 2. The fourth-order valence-corrected chi connectivity index (χ4v) is 3.68. The second kappa shape index (κ2) is 8.97. The van der Waals surface area contributed by atoms with Gasteiger partial charge in [0.1, 0.15) is 11.5 Å². The van der Waals surface area contributed by atoms with Gasteiger partial charge in [-0.2, -0.15) is 0 Å². The van der Waals surface area contributed by atoms with Gasteiger partial charge in [0.15, 0.2) is 0 Å². The first-order valence-corrected chi connectivity index (χ1v) is 10.1. The van der Waals surface area contributed by atoms with Gasteiger partial charge in [0.05, 0.1) is 11.8 Å². The lowest BCUT2D eigenvalue weighted by Crippen LogP contribution is -2.37.